The van der Waals surface area contributed by atoms with Crippen LogP contribution in [0.15, 0.2) is 30.5 Å². The van der Waals surface area contributed by atoms with E-state index in [-0.39, 0.29) is 17.5 Å². The molecule has 4 rings (SSSR count). The highest BCUT2D eigenvalue weighted by atomic mass is 32.1. The number of rotatable bonds is 4. The van der Waals surface area contributed by atoms with Crippen LogP contribution >= 0.6 is 11.3 Å². The summed E-state index contributed by atoms with van der Waals surface area (Å²) in [4.78, 5) is 9.32. The standard InChI is InChI=1S/C18H22FN3OS/c1-13-4-5-15(24-13)10-22-8-6-18(12-22)9-14(11-23-18)21-17-16(19)3-2-7-20-17/h2-5,7,14H,6,8-12H2,1H3,(H,20,21). The highest BCUT2D eigenvalue weighted by Gasteiger charge is 2.45. The van der Waals surface area contributed by atoms with Crippen LogP contribution in [-0.4, -0.2) is 41.2 Å². The van der Waals surface area contributed by atoms with Gasteiger partial charge in [-0.15, -0.1) is 11.3 Å². The number of halogens is 1. The number of nitrogens with zero attached hydrogens (tertiary/aromatic N) is 2. The molecule has 0 amide bonds. The summed E-state index contributed by atoms with van der Waals surface area (Å²) in [6.45, 7) is 5.76. The molecule has 4 nitrogen and oxygen atoms in total. The van der Waals surface area contributed by atoms with Gasteiger partial charge in [-0.2, -0.15) is 0 Å². The summed E-state index contributed by atoms with van der Waals surface area (Å²) < 4.78 is 19.9. The van der Waals surface area contributed by atoms with Crippen LogP contribution in [0, 0.1) is 12.7 Å². The quantitative estimate of drug-likeness (QED) is 0.919. The third-order valence-corrected chi connectivity index (χ3v) is 5.86. The van der Waals surface area contributed by atoms with Gasteiger partial charge in [0.15, 0.2) is 11.6 Å². The van der Waals surface area contributed by atoms with Crippen molar-refractivity contribution >= 4 is 17.2 Å². The summed E-state index contributed by atoms with van der Waals surface area (Å²) in [5.74, 6) is 0.0200. The van der Waals surface area contributed by atoms with E-state index in [2.05, 4.69) is 34.3 Å². The number of aryl methyl sites for hydroxylation is 1. The van der Waals surface area contributed by atoms with Crippen LogP contribution < -0.4 is 5.32 Å². The number of ether oxygens (including phenoxy) is 1. The van der Waals surface area contributed by atoms with Crippen molar-refractivity contribution in [1.82, 2.24) is 9.88 Å². The molecular weight excluding hydrogens is 325 g/mol. The Balaban J connectivity index is 1.35. The minimum absolute atomic E-state index is 0.0881. The van der Waals surface area contributed by atoms with E-state index in [0.29, 0.717) is 12.4 Å². The molecule has 24 heavy (non-hydrogen) atoms. The number of nitrogens with one attached hydrogen (secondary N) is 1. The van der Waals surface area contributed by atoms with Crippen molar-refractivity contribution in [3.63, 3.8) is 0 Å². The van der Waals surface area contributed by atoms with E-state index in [1.54, 1.807) is 12.3 Å². The topological polar surface area (TPSA) is 37.4 Å². The number of pyridine rings is 1. The number of likely N-dealkylation sites (tertiary alicyclic amines) is 1. The smallest absolute Gasteiger partial charge is 0.165 e. The summed E-state index contributed by atoms with van der Waals surface area (Å²) in [5.41, 5.74) is -0.0881. The molecule has 1 N–H and O–H groups in total. The number of anilines is 1. The highest BCUT2D eigenvalue weighted by Crippen LogP contribution is 2.37. The summed E-state index contributed by atoms with van der Waals surface area (Å²) in [5, 5.41) is 3.20. The monoisotopic (exact) mass is 347 g/mol. The summed E-state index contributed by atoms with van der Waals surface area (Å²) >= 11 is 1.86. The zero-order valence-electron chi connectivity index (χ0n) is 13.8. The minimum atomic E-state index is -0.306. The molecule has 2 aromatic rings. The number of thiophene rings is 1. The Morgan fingerprint density at radius 3 is 3.17 bits per heavy atom. The maximum absolute atomic E-state index is 13.7. The van der Waals surface area contributed by atoms with Gasteiger partial charge in [0.1, 0.15) is 0 Å². The molecule has 0 aliphatic carbocycles. The van der Waals surface area contributed by atoms with Crippen molar-refractivity contribution in [1.29, 1.82) is 0 Å². The molecule has 2 unspecified atom stereocenters. The molecule has 128 valence electrons. The Kier molecular flexibility index (Phi) is 4.28. The molecule has 0 saturated carbocycles. The molecular formula is C18H22FN3OS. The largest absolute Gasteiger partial charge is 0.371 e. The lowest BCUT2D eigenvalue weighted by atomic mass is 9.97. The van der Waals surface area contributed by atoms with E-state index in [1.165, 1.54) is 15.8 Å². The lowest BCUT2D eigenvalue weighted by molar-refractivity contribution is 0.0120. The molecule has 0 bridgehead atoms. The minimum Gasteiger partial charge on any atom is -0.371 e. The Bertz CT molecular complexity index is 722. The first kappa shape index (κ1) is 16.0. The van der Waals surface area contributed by atoms with E-state index in [1.807, 2.05) is 11.3 Å². The molecule has 6 heteroatoms. The molecule has 2 fully saturated rings. The Labute approximate surface area is 145 Å². The first-order valence-corrected chi connectivity index (χ1v) is 9.22. The maximum atomic E-state index is 13.7. The fraction of sp³-hybridized carbons (Fsp3) is 0.500. The zero-order chi connectivity index (χ0) is 16.6. The first-order chi connectivity index (χ1) is 11.6. The fourth-order valence-electron chi connectivity index (χ4n) is 3.76. The number of hydrogen-bond acceptors (Lipinski definition) is 5. The van der Waals surface area contributed by atoms with Gasteiger partial charge in [0.25, 0.3) is 0 Å². The van der Waals surface area contributed by atoms with Crippen molar-refractivity contribution in [2.45, 2.75) is 38.0 Å². The van der Waals surface area contributed by atoms with Gasteiger partial charge < -0.3 is 10.1 Å². The first-order valence-electron chi connectivity index (χ1n) is 8.41. The van der Waals surface area contributed by atoms with Gasteiger partial charge in [-0.1, -0.05) is 0 Å². The lowest BCUT2D eigenvalue weighted by Crippen LogP contribution is -2.33. The van der Waals surface area contributed by atoms with Gasteiger partial charge in [0.05, 0.1) is 18.2 Å². The predicted octanol–water partition coefficient (Wildman–Crippen LogP) is 3.44. The van der Waals surface area contributed by atoms with Crippen molar-refractivity contribution in [3.8, 4) is 0 Å². The second kappa shape index (κ2) is 6.43. The lowest BCUT2D eigenvalue weighted by Gasteiger charge is -2.23. The van der Waals surface area contributed by atoms with Crippen LogP contribution in [0.4, 0.5) is 10.2 Å². The van der Waals surface area contributed by atoms with Gasteiger partial charge in [0.2, 0.25) is 0 Å². The molecule has 4 heterocycles. The molecule has 2 aromatic heterocycles. The average molecular weight is 347 g/mol. The zero-order valence-corrected chi connectivity index (χ0v) is 14.6. The third-order valence-electron chi connectivity index (χ3n) is 4.88. The van der Waals surface area contributed by atoms with Crippen molar-refractivity contribution in [2.75, 3.05) is 25.0 Å². The normalized spacial score (nSPS) is 27.2. The molecule has 0 aromatic carbocycles. The van der Waals surface area contributed by atoms with Gasteiger partial charge in [0, 0.05) is 42.0 Å². The van der Waals surface area contributed by atoms with Gasteiger partial charge in [-0.3, -0.25) is 4.90 Å². The number of hydrogen-bond donors (Lipinski definition) is 1. The van der Waals surface area contributed by atoms with Gasteiger partial charge in [-0.05, 0) is 37.6 Å². The van der Waals surface area contributed by atoms with Crippen LogP contribution in [0.2, 0.25) is 0 Å². The summed E-state index contributed by atoms with van der Waals surface area (Å²) in [6, 6.07) is 7.56. The van der Waals surface area contributed by atoms with E-state index in [4.69, 9.17) is 4.74 Å². The summed E-state index contributed by atoms with van der Waals surface area (Å²) in [7, 11) is 0. The second-order valence-electron chi connectivity index (χ2n) is 6.85. The SMILES string of the molecule is Cc1ccc(CN2CCC3(CC(Nc4ncccc4F)CO3)C2)s1. The van der Waals surface area contributed by atoms with E-state index in [0.717, 1.165) is 32.5 Å². The molecule has 2 aliphatic rings. The van der Waals surface area contributed by atoms with E-state index < -0.39 is 0 Å². The third kappa shape index (κ3) is 3.31. The summed E-state index contributed by atoms with van der Waals surface area (Å²) in [6.07, 6.45) is 3.56. The molecule has 1 spiro atoms. The van der Waals surface area contributed by atoms with Crippen LogP contribution in [0.3, 0.4) is 0 Å². The molecule has 2 saturated heterocycles. The average Bonchev–Trinajstić information content (AvgIpc) is 3.25. The van der Waals surface area contributed by atoms with Crippen molar-refractivity contribution in [3.05, 3.63) is 46.0 Å². The molecule has 2 atom stereocenters. The fourth-order valence-corrected chi connectivity index (χ4v) is 4.69. The predicted molar refractivity (Wildman–Crippen MR) is 93.9 cm³/mol. The van der Waals surface area contributed by atoms with Crippen molar-refractivity contribution in [2.24, 2.45) is 0 Å². The Hall–Kier alpha value is -1.50. The number of aromatic nitrogens is 1. The Morgan fingerprint density at radius 2 is 2.38 bits per heavy atom. The van der Waals surface area contributed by atoms with Crippen LogP contribution in [0.25, 0.3) is 0 Å². The Morgan fingerprint density at radius 1 is 1.46 bits per heavy atom. The van der Waals surface area contributed by atoms with Gasteiger partial charge >= 0.3 is 0 Å². The van der Waals surface area contributed by atoms with Gasteiger partial charge in [-0.25, -0.2) is 9.37 Å². The van der Waals surface area contributed by atoms with Crippen molar-refractivity contribution < 1.29 is 9.13 Å². The van der Waals surface area contributed by atoms with Crippen LogP contribution in [0.1, 0.15) is 22.6 Å². The highest BCUT2D eigenvalue weighted by molar-refractivity contribution is 7.11. The maximum Gasteiger partial charge on any atom is 0.165 e. The van der Waals surface area contributed by atoms with Crippen LogP contribution in [-0.2, 0) is 11.3 Å². The van der Waals surface area contributed by atoms with Crippen LogP contribution in [0.5, 0.6) is 0 Å². The molecule has 2 aliphatic heterocycles. The van der Waals surface area contributed by atoms with E-state index in [9.17, 15) is 4.39 Å². The van der Waals surface area contributed by atoms with E-state index >= 15 is 0 Å². The molecule has 0 radical (unpaired) electrons. The second-order valence-corrected chi connectivity index (χ2v) is 8.22.